The average Bonchev–Trinajstić information content (AvgIpc) is 3.11. The molecule has 2 aromatic rings. The fraction of sp³-hybridized carbons (Fsp3) is 0.474. The predicted molar refractivity (Wildman–Crippen MR) is 98.5 cm³/mol. The van der Waals surface area contributed by atoms with Crippen molar-refractivity contribution in [3.63, 3.8) is 0 Å². The Morgan fingerprint density at radius 3 is 2.67 bits per heavy atom. The third-order valence-corrected chi connectivity index (χ3v) is 5.52. The molecule has 5 heteroatoms. The van der Waals surface area contributed by atoms with E-state index in [1.165, 1.54) is 10.4 Å². The second-order valence-corrected chi connectivity index (χ2v) is 7.33. The quantitative estimate of drug-likeness (QED) is 0.836. The summed E-state index contributed by atoms with van der Waals surface area (Å²) in [6.07, 6.45) is 0.838. The minimum atomic E-state index is 0.252. The van der Waals surface area contributed by atoms with Gasteiger partial charge in [0.1, 0.15) is 5.75 Å². The van der Waals surface area contributed by atoms with Crippen molar-refractivity contribution in [2.24, 2.45) is 0 Å². The molecule has 2 heterocycles. The summed E-state index contributed by atoms with van der Waals surface area (Å²) in [4.78, 5) is 6.42. The molecule has 1 aromatic carbocycles. The molecular weight excluding hydrogens is 320 g/mol. The van der Waals surface area contributed by atoms with Crippen molar-refractivity contribution in [3.8, 4) is 5.75 Å². The molecule has 0 aliphatic carbocycles. The van der Waals surface area contributed by atoms with Crippen LogP contribution in [-0.4, -0.2) is 54.3 Å². The largest absolute Gasteiger partial charge is 0.497 e. The third kappa shape index (κ3) is 4.57. The van der Waals surface area contributed by atoms with Gasteiger partial charge in [0.25, 0.3) is 0 Å². The molecule has 130 valence electrons. The topological polar surface area (TPSA) is 35.9 Å². The molecule has 24 heavy (non-hydrogen) atoms. The second-order valence-electron chi connectivity index (χ2n) is 6.30. The Labute approximate surface area is 148 Å². The van der Waals surface area contributed by atoms with Gasteiger partial charge in [-0.2, -0.15) is 0 Å². The molecule has 0 radical (unpaired) electrons. The van der Waals surface area contributed by atoms with Crippen molar-refractivity contribution < 1.29 is 9.84 Å². The van der Waals surface area contributed by atoms with Crippen molar-refractivity contribution in [2.45, 2.75) is 25.6 Å². The number of rotatable bonds is 7. The molecule has 1 N–H and O–H groups in total. The highest BCUT2D eigenvalue weighted by atomic mass is 32.1. The van der Waals surface area contributed by atoms with E-state index in [4.69, 9.17) is 4.74 Å². The van der Waals surface area contributed by atoms with Crippen LogP contribution < -0.4 is 4.74 Å². The smallest absolute Gasteiger partial charge is 0.118 e. The Balaban J connectivity index is 1.59. The van der Waals surface area contributed by atoms with Crippen molar-refractivity contribution in [1.82, 2.24) is 9.80 Å². The first-order valence-corrected chi connectivity index (χ1v) is 9.39. The van der Waals surface area contributed by atoms with Crippen molar-refractivity contribution in [3.05, 3.63) is 52.2 Å². The SMILES string of the molecule is COc1ccc(CN2CCN(Cc3cccs3)C(CCO)C2)cc1. The van der Waals surface area contributed by atoms with Crippen LogP contribution in [0.5, 0.6) is 5.75 Å². The summed E-state index contributed by atoms with van der Waals surface area (Å²) in [6, 6.07) is 13.0. The van der Waals surface area contributed by atoms with Crippen molar-refractivity contribution in [1.29, 1.82) is 0 Å². The fourth-order valence-electron chi connectivity index (χ4n) is 3.32. The van der Waals surface area contributed by atoms with Gasteiger partial charge in [-0.05, 0) is 35.6 Å². The Morgan fingerprint density at radius 1 is 1.17 bits per heavy atom. The molecule has 1 atom stereocenters. The maximum Gasteiger partial charge on any atom is 0.118 e. The van der Waals surface area contributed by atoms with E-state index < -0.39 is 0 Å². The van der Waals surface area contributed by atoms with Gasteiger partial charge < -0.3 is 9.84 Å². The molecule has 1 aliphatic heterocycles. The van der Waals surface area contributed by atoms with Crippen LogP contribution >= 0.6 is 11.3 Å². The highest BCUT2D eigenvalue weighted by Crippen LogP contribution is 2.21. The van der Waals surface area contributed by atoms with Gasteiger partial charge in [0.05, 0.1) is 7.11 Å². The van der Waals surface area contributed by atoms with Gasteiger partial charge in [-0.3, -0.25) is 9.80 Å². The number of aliphatic hydroxyl groups excluding tert-OH is 1. The molecule has 4 nitrogen and oxygen atoms in total. The summed E-state index contributed by atoms with van der Waals surface area (Å²) in [5.74, 6) is 0.901. The van der Waals surface area contributed by atoms with Crippen molar-refractivity contribution >= 4 is 11.3 Å². The number of methoxy groups -OCH3 is 1. The number of hydrogen-bond acceptors (Lipinski definition) is 5. The first-order chi connectivity index (χ1) is 11.8. The summed E-state index contributed by atoms with van der Waals surface area (Å²) in [5, 5.41) is 11.6. The molecule has 0 saturated carbocycles. The lowest BCUT2D eigenvalue weighted by atomic mass is 10.1. The highest BCUT2D eigenvalue weighted by molar-refractivity contribution is 7.09. The Morgan fingerprint density at radius 2 is 2.00 bits per heavy atom. The van der Waals surface area contributed by atoms with E-state index in [-0.39, 0.29) is 6.61 Å². The van der Waals surface area contributed by atoms with Gasteiger partial charge in [0, 0.05) is 50.2 Å². The zero-order valence-electron chi connectivity index (χ0n) is 14.2. The van der Waals surface area contributed by atoms with E-state index in [0.717, 1.165) is 44.9 Å². The predicted octanol–water partition coefficient (Wildman–Crippen LogP) is 2.83. The summed E-state index contributed by atoms with van der Waals surface area (Å²) in [6.45, 7) is 5.34. The number of thiophene rings is 1. The van der Waals surface area contributed by atoms with E-state index in [9.17, 15) is 5.11 Å². The molecule has 1 unspecified atom stereocenters. The van der Waals surface area contributed by atoms with Gasteiger partial charge in [0.2, 0.25) is 0 Å². The minimum absolute atomic E-state index is 0.252. The fourth-order valence-corrected chi connectivity index (χ4v) is 4.05. The lowest BCUT2D eigenvalue weighted by Gasteiger charge is -2.41. The molecule has 0 bridgehead atoms. The van der Waals surface area contributed by atoms with Crippen LogP contribution in [0.2, 0.25) is 0 Å². The van der Waals surface area contributed by atoms with Gasteiger partial charge in [-0.1, -0.05) is 18.2 Å². The van der Waals surface area contributed by atoms with Crippen LogP contribution in [-0.2, 0) is 13.1 Å². The number of hydrogen-bond donors (Lipinski definition) is 1. The third-order valence-electron chi connectivity index (χ3n) is 4.66. The Hall–Kier alpha value is -1.40. The first-order valence-electron chi connectivity index (χ1n) is 8.51. The van der Waals surface area contributed by atoms with Crippen LogP contribution in [0, 0.1) is 0 Å². The van der Waals surface area contributed by atoms with E-state index in [2.05, 4.69) is 39.4 Å². The maximum absolute atomic E-state index is 9.44. The van der Waals surface area contributed by atoms with Crippen LogP contribution in [0.15, 0.2) is 41.8 Å². The lowest BCUT2D eigenvalue weighted by molar-refractivity contribution is 0.0506. The van der Waals surface area contributed by atoms with Gasteiger partial charge in [-0.15, -0.1) is 11.3 Å². The lowest BCUT2D eigenvalue weighted by Crippen LogP contribution is -2.52. The standard InChI is InChI=1S/C19H26N2O2S/c1-23-18-6-4-16(5-7-18)13-20-9-10-21(17(14-20)8-11-22)15-19-3-2-12-24-19/h2-7,12,17,22H,8-11,13-15H2,1H3. The normalized spacial score (nSPS) is 19.5. The summed E-state index contributed by atoms with van der Waals surface area (Å²) < 4.78 is 5.23. The van der Waals surface area contributed by atoms with Crippen LogP contribution in [0.4, 0.5) is 0 Å². The molecule has 0 spiro atoms. The highest BCUT2D eigenvalue weighted by Gasteiger charge is 2.26. The number of piperazine rings is 1. The molecule has 3 rings (SSSR count). The van der Waals surface area contributed by atoms with Gasteiger partial charge in [0.15, 0.2) is 0 Å². The summed E-state index contributed by atoms with van der Waals surface area (Å²) in [5.41, 5.74) is 1.31. The number of benzene rings is 1. The molecular formula is C19H26N2O2S. The monoisotopic (exact) mass is 346 g/mol. The molecule has 1 aliphatic rings. The number of ether oxygens (including phenoxy) is 1. The second kappa shape index (κ2) is 8.62. The van der Waals surface area contributed by atoms with E-state index in [1.54, 1.807) is 7.11 Å². The van der Waals surface area contributed by atoms with Crippen molar-refractivity contribution in [2.75, 3.05) is 33.4 Å². The van der Waals surface area contributed by atoms with E-state index in [1.807, 2.05) is 23.5 Å². The first kappa shape index (κ1) is 17.4. The summed E-state index contributed by atoms with van der Waals surface area (Å²) in [7, 11) is 1.70. The van der Waals surface area contributed by atoms with Gasteiger partial charge in [-0.25, -0.2) is 0 Å². The molecule has 1 aromatic heterocycles. The molecule has 1 saturated heterocycles. The van der Waals surface area contributed by atoms with Crippen LogP contribution in [0.3, 0.4) is 0 Å². The summed E-state index contributed by atoms with van der Waals surface area (Å²) >= 11 is 1.81. The average molecular weight is 346 g/mol. The Kier molecular flexibility index (Phi) is 6.26. The van der Waals surface area contributed by atoms with Crippen LogP contribution in [0.25, 0.3) is 0 Å². The zero-order chi connectivity index (χ0) is 16.8. The number of aliphatic hydroxyl groups is 1. The number of nitrogens with zero attached hydrogens (tertiary/aromatic N) is 2. The zero-order valence-corrected chi connectivity index (χ0v) is 15.0. The van der Waals surface area contributed by atoms with E-state index >= 15 is 0 Å². The molecule has 0 amide bonds. The Bertz CT molecular complexity index is 600. The molecule has 1 fully saturated rings. The van der Waals surface area contributed by atoms with Gasteiger partial charge >= 0.3 is 0 Å². The van der Waals surface area contributed by atoms with Crippen LogP contribution in [0.1, 0.15) is 16.9 Å². The minimum Gasteiger partial charge on any atom is -0.497 e. The van der Waals surface area contributed by atoms with E-state index in [0.29, 0.717) is 6.04 Å². The maximum atomic E-state index is 9.44.